The van der Waals surface area contributed by atoms with Crippen molar-refractivity contribution in [3.63, 3.8) is 0 Å². The third kappa shape index (κ3) is 4.90. The molecule has 0 saturated carbocycles. The standard InChI is InChI=1S/C19H24N2O3S/c1-13-7-6-8-14(2)17(13)20-18(22)15-9-11-16(12-10-15)25(23,24)21-19(3,4)5/h6-12,21H,1-5H3,(H,20,22). The van der Waals surface area contributed by atoms with Crippen LogP contribution in [0.4, 0.5) is 5.69 Å². The third-order valence-electron chi connectivity index (χ3n) is 3.59. The number of carbonyl (C=O) groups is 1. The topological polar surface area (TPSA) is 75.3 Å². The summed E-state index contributed by atoms with van der Waals surface area (Å²) >= 11 is 0. The molecule has 5 nitrogen and oxygen atoms in total. The predicted molar refractivity (Wildman–Crippen MR) is 100 cm³/mol. The fourth-order valence-electron chi connectivity index (χ4n) is 2.44. The zero-order chi connectivity index (χ0) is 18.8. The van der Waals surface area contributed by atoms with E-state index < -0.39 is 15.6 Å². The van der Waals surface area contributed by atoms with E-state index in [1.165, 1.54) is 24.3 Å². The molecule has 134 valence electrons. The number of para-hydroxylation sites is 1. The van der Waals surface area contributed by atoms with E-state index in [2.05, 4.69) is 10.0 Å². The molecule has 0 heterocycles. The Kier molecular flexibility index (Phi) is 5.34. The summed E-state index contributed by atoms with van der Waals surface area (Å²) in [5, 5.41) is 2.89. The lowest BCUT2D eigenvalue weighted by molar-refractivity contribution is 0.102. The number of nitrogens with one attached hydrogen (secondary N) is 2. The molecule has 0 unspecified atom stereocenters. The van der Waals surface area contributed by atoms with E-state index in [0.717, 1.165) is 16.8 Å². The number of carbonyl (C=O) groups excluding carboxylic acids is 1. The number of benzene rings is 2. The molecule has 0 aliphatic carbocycles. The molecule has 0 spiro atoms. The van der Waals surface area contributed by atoms with Crippen molar-refractivity contribution in [2.75, 3.05) is 5.32 Å². The highest BCUT2D eigenvalue weighted by Crippen LogP contribution is 2.21. The molecule has 1 amide bonds. The van der Waals surface area contributed by atoms with Crippen molar-refractivity contribution in [3.05, 3.63) is 59.2 Å². The van der Waals surface area contributed by atoms with Crippen LogP contribution in [0, 0.1) is 13.8 Å². The minimum absolute atomic E-state index is 0.131. The van der Waals surface area contributed by atoms with Gasteiger partial charge in [0.2, 0.25) is 10.0 Å². The van der Waals surface area contributed by atoms with Gasteiger partial charge < -0.3 is 5.32 Å². The molecule has 2 rings (SSSR count). The van der Waals surface area contributed by atoms with Gasteiger partial charge in [0.25, 0.3) is 5.91 Å². The SMILES string of the molecule is Cc1cccc(C)c1NC(=O)c1ccc(S(=O)(=O)NC(C)(C)C)cc1. The smallest absolute Gasteiger partial charge is 0.255 e. The molecule has 0 aromatic heterocycles. The maximum Gasteiger partial charge on any atom is 0.255 e. The van der Waals surface area contributed by atoms with Crippen molar-refractivity contribution in [3.8, 4) is 0 Å². The van der Waals surface area contributed by atoms with Crippen LogP contribution in [-0.4, -0.2) is 19.9 Å². The summed E-state index contributed by atoms with van der Waals surface area (Å²) in [5.74, 6) is -0.273. The molecule has 0 bridgehead atoms. The minimum Gasteiger partial charge on any atom is -0.322 e. The van der Waals surface area contributed by atoms with Crippen LogP contribution in [0.25, 0.3) is 0 Å². The lowest BCUT2D eigenvalue weighted by Crippen LogP contribution is -2.40. The summed E-state index contributed by atoms with van der Waals surface area (Å²) in [6, 6.07) is 11.7. The van der Waals surface area contributed by atoms with Crippen LogP contribution >= 0.6 is 0 Å². The zero-order valence-electron chi connectivity index (χ0n) is 15.2. The van der Waals surface area contributed by atoms with E-state index in [9.17, 15) is 13.2 Å². The quantitative estimate of drug-likeness (QED) is 0.874. The van der Waals surface area contributed by atoms with E-state index >= 15 is 0 Å². The molecular formula is C19H24N2O3S. The van der Waals surface area contributed by atoms with Gasteiger partial charge in [-0.2, -0.15) is 0 Å². The van der Waals surface area contributed by atoms with Crippen molar-refractivity contribution in [1.82, 2.24) is 4.72 Å². The summed E-state index contributed by atoms with van der Waals surface area (Å²) in [6.07, 6.45) is 0. The maximum atomic E-state index is 12.4. The van der Waals surface area contributed by atoms with Crippen molar-refractivity contribution in [2.45, 2.75) is 45.1 Å². The zero-order valence-corrected chi connectivity index (χ0v) is 16.0. The minimum atomic E-state index is -3.61. The highest BCUT2D eigenvalue weighted by Gasteiger charge is 2.22. The van der Waals surface area contributed by atoms with Crippen LogP contribution in [0.3, 0.4) is 0 Å². The molecule has 2 N–H and O–H groups in total. The molecule has 0 fully saturated rings. The molecule has 0 radical (unpaired) electrons. The second-order valence-electron chi connectivity index (χ2n) is 7.10. The summed E-state index contributed by atoms with van der Waals surface area (Å²) in [7, 11) is -3.61. The Morgan fingerprint density at radius 1 is 0.920 bits per heavy atom. The molecular weight excluding hydrogens is 336 g/mol. The first-order chi connectivity index (χ1) is 11.5. The second kappa shape index (κ2) is 6.98. The molecule has 25 heavy (non-hydrogen) atoms. The molecule has 6 heteroatoms. The fourth-order valence-corrected chi connectivity index (χ4v) is 3.86. The Balaban J connectivity index is 2.21. The second-order valence-corrected chi connectivity index (χ2v) is 8.78. The number of rotatable bonds is 4. The van der Waals surface area contributed by atoms with Crippen LogP contribution in [0.2, 0.25) is 0 Å². The number of aryl methyl sites for hydroxylation is 2. The van der Waals surface area contributed by atoms with Gasteiger partial charge in [0, 0.05) is 16.8 Å². The molecule has 0 aliphatic heterocycles. The molecule has 2 aromatic rings. The highest BCUT2D eigenvalue weighted by atomic mass is 32.2. The largest absolute Gasteiger partial charge is 0.322 e. The Bertz CT molecular complexity index is 860. The van der Waals surface area contributed by atoms with Gasteiger partial charge in [-0.1, -0.05) is 18.2 Å². The lowest BCUT2D eigenvalue weighted by Gasteiger charge is -2.20. The van der Waals surface area contributed by atoms with E-state index in [1.54, 1.807) is 20.8 Å². The van der Waals surface area contributed by atoms with Gasteiger partial charge in [0.1, 0.15) is 0 Å². The Hall–Kier alpha value is -2.18. The summed E-state index contributed by atoms with van der Waals surface area (Å²) in [6.45, 7) is 9.18. The summed E-state index contributed by atoms with van der Waals surface area (Å²) < 4.78 is 27.2. The normalized spacial score (nSPS) is 12.0. The van der Waals surface area contributed by atoms with Crippen LogP contribution in [0.1, 0.15) is 42.3 Å². The van der Waals surface area contributed by atoms with Gasteiger partial charge in [-0.3, -0.25) is 4.79 Å². The van der Waals surface area contributed by atoms with Gasteiger partial charge in [0.15, 0.2) is 0 Å². The van der Waals surface area contributed by atoms with Crippen molar-refractivity contribution < 1.29 is 13.2 Å². The van der Waals surface area contributed by atoms with Crippen molar-refractivity contribution in [2.24, 2.45) is 0 Å². The van der Waals surface area contributed by atoms with Gasteiger partial charge in [-0.15, -0.1) is 0 Å². The van der Waals surface area contributed by atoms with Crippen molar-refractivity contribution >= 4 is 21.6 Å². The monoisotopic (exact) mass is 360 g/mol. The van der Waals surface area contributed by atoms with Crippen molar-refractivity contribution in [1.29, 1.82) is 0 Å². The van der Waals surface area contributed by atoms with E-state index in [-0.39, 0.29) is 10.8 Å². The van der Waals surface area contributed by atoms with E-state index in [0.29, 0.717) is 5.56 Å². The van der Waals surface area contributed by atoms with Crippen LogP contribution < -0.4 is 10.0 Å². The third-order valence-corrected chi connectivity index (χ3v) is 5.36. The molecule has 0 saturated heterocycles. The van der Waals surface area contributed by atoms with Gasteiger partial charge in [-0.25, -0.2) is 13.1 Å². The van der Waals surface area contributed by atoms with Crippen LogP contribution in [-0.2, 0) is 10.0 Å². The number of hydrogen-bond donors (Lipinski definition) is 2. The average Bonchev–Trinajstić information content (AvgIpc) is 2.49. The average molecular weight is 360 g/mol. The summed E-state index contributed by atoms with van der Waals surface area (Å²) in [4.78, 5) is 12.6. The predicted octanol–water partition coefficient (Wildman–Crippen LogP) is 3.63. The number of amides is 1. The Morgan fingerprint density at radius 3 is 1.92 bits per heavy atom. The molecule has 2 aromatic carbocycles. The Morgan fingerprint density at radius 2 is 1.44 bits per heavy atom. The van der Waals surface area contributed by atoms with E-state index in [4.69, 9.17) is 0 Å². The first-order valence-electron chi connectivity index (χ1n) is 8.01. The first-order valence-corrected chi connectivity index (χ1v) is 9.49. The number of hydrogen-bond acceptors (Lipinski definition) is 3. The highest BCUT2D eigenvalue weighted by molar-refractivity contribution is 7.89. The lowest BCUT2D eigenvalue weighted by atomic mass is 10.1. The van der Waals surface area contributed by atoms with Crippen LogP contribution in [0.15, 0.2) is 47.4 Å². The molecule has 0 aliphatic rings. The fraction of sp³-hybridized carbons (Fsp3) is 0.316. The number of sulfonamides is 1. The summed E-state index contributed by atoms with van der Waals surface area (Å²) in [5.41, 5.74) is 2.55. The first kappa shape index (κ1) is 19.1. The maximum absolute atomic E-state index is 12.4. The van der Waals surface area contributed by atoms with Gasteiger partial charge in [-0.05, 0) is 70.0 Å². The van der Waals surface area contributed by atoms with Crippen LogP contribution in [0.5, 0.6) is 0 Å². The number of anilines is 1. The molecule has 0 atom stereocenters. The van der Waals surface area contributed by atoms with Gasteiger partial charge in [0.05, 0.1) is 4.90 Å². The Labute approximate surface area is 149 Å². The van der Waals surface area contributed by atoms with E-state index in [1.807, 2.05) is 32.0 Å². The van der Waals surface area contributed by atoms with Gasteiger partial charge >= 0.3 is 0 Å².